The molecule has 0 spiro atoms. The summed E-state index contributed by atoms with van der Waals surface area (Å²) in [7, 11) is 1.50. The number of methoxy groups -OCH3 is 1. The summed E-state index contributed by atoms with van der Waals surface area (Å²) in [5.41, 5.74) is 6.42. The molecule has 0 aliphatic heterocycles. The van der Waals surface area contributed by atoms with Gasteiger partial charge in [-0.15, -0.1) is 0 Å². The van der Waals surface area contributed by atoms with Crippen LogP contribution in [0.2, 0.25) is 10.0 Å². The molecule has 28 heavy (non-hydrogen) atoms. The van der Waals surface area contributed by atoms with Crippen molar-refractivity contribution in [2.45, 2.75) is 0 Å². The Balaban J connectivity index is 1.82. The maximum absolute atomic E-state index is 14.1. The van der Waals surface area contributed by atoms with Gasteiger partial charge in [0.2, 0.25) is 11.9 Å². The molecule has 0 radical (unpaired) electrons. The molecule has 3 rings (SSSR count). The van der Waals surface area contributed by atoms with Crippen molar-refractivity contribution in [1.29, 1.82) is 0 Å². The largest absolute Gasteiger partial charge is 0.495 e. The number of carbonyl (C=O) groups excluding carboxylic acids is 1. The highest BCUT2D eigenvalue weighted by Crippen LogP contribution is 2.29. The topological polar surface area (TPSA) is 102 Å². The number of primary amides is 1. The summed E-state index contributed by atoms with van der Waals surface area (Å²) in [6.45, 7) is 0. The fraction of sp³-hybridized carbons (Fsp3) is 0.0556. The molecule has 0 saturated carbocycles. The number of ether oxygens (including phenoxy) is 1. The van der Waals surface area contributed by atoms with Gasteiger partial charge in [0.05, 0.1) is 28.9 Å². The molecular weight excluding hydrogens is 408 g/mol. The lowest BCUT2D eigenvalue weighted by molar-refractivity contribution is 0.100. The summed E-state index contributed by atoms with van der Waals surface area (Å²) in [4.78, 5) is 19.2. The number of aromatic nitrogens is 2. The highest BCUT2D eigenvalue weighted by Gasteiger charge is 2.11. The lowest BCUT2D eigenvalue weighted by Gasteiger charge is -2.11. The van der Waals surface area contributed by atoms with Crippen LogP contribution in [0.3, 0.4) is 0 Å². The number of nitrogens with zero attached hydrogens (tertiary/aromatic N) is 2. The Bertz CT molecular complexity index is 1050. The van der Waals surface area contributed by atoms with Crippen LogP contribution < -0.4 is 21.1 Å². The first-order chi connectivity index (χ1) is 13.4. The quantitative estimate of drug-likeness (QED) is 0.540. The van der Waals surface area contributed by atoms with Gasteiger partial charge in [-0.25, -0.2) is 9.37 Å². The zero-order chi connectivity index (χ0) is 20.3. The van der Waals surface area contributed by atoms with E-state index in [1.807, 2.05) is 0 Å². The second-order valence-corrected chi connectivity index (χ2v) is 6.36. The SMILES string of the molecule is COc1ccc(Nc2nc(Nc3ccc(C(N)=O)c(Cl)c3)ncc2F)cc1Cl. The first-order valence-electron chi connectivity index (χ1n) is 7.87. The van der Waals surface area contributed by atoms with Crippen LogP contribution >= 0.6 is 23.2 Å². The molecule has 0 bridgehead atoms. The second-order valence-electron chi connectivity index (χ2n) is 5.55. The van der Waals surface area contributed by atoms with Crippen molar-refractivity contribution in [1.82, 2.24) is 9.97 Å². The van der Waals surface area contributed by atoms with Crippen molar-refractivity contribution in [2.24, 2.45) is 5.73 Å². The van der Waals surface area contributed by atoms with E-state index >= 15 is 0 Å². The van der Waals surface area contributed by atoms with Crippen LogP contribution in [-0.2, 0) is 0 Å². The predicted molar refractivity (Wildman–Crippen MR) is 107 cm³/mol. The van der Waals surface area contributed by atoms with Crippen LogP contribution in [0.1, 0.15) is 10.4 Å². The summed E-state index contributed by atoms with van der Waals surface area (Å²) in [6, 6.07) is 9.43. The number of nitrogens with one attached hydrogen (secondary N) is 2. The van der Waals surface area contributed by atoms with Crippen molar-refractivity contribution in [2.75, 3.05) is 17.7 Å². The summed E-state index contributed by atoms with van der Waals surface area (Å²) in [5, 5.41) is 6.25. The standard InChI is InChI=1S/C18H14Cl2FN5O2/c1-28-15-5-3-9(7-13(15)20)24-17-14(21)8-23-18(26-17)25-10-2-4-11(16(22)27)12(19)6-10/h2-8H,1H3,(H2,22,27)(H2,23,24,25,26). The van der Waals surface area contributed by atoms with E-state index in [1.54, 1.807) is 24.3 Å². The third-order valence-corrected chi connectivity index (χ3v) is 4.26. The predicted octanol–water partition coefficient (Wildman–Crippen LogP) is 4.52. The molecule has 1 amide bonds. The Hall–Kier alpha value is -3.10. The number of carbonyl (C=O) groups is 1. The maximum atomic E-state index is 14.1. The van der Waals surface area contributed by atoms with Gasteiger partial charge in [-0.1, -0.05) is 23.2 Å². The van der Waals surface area contributed by atoms with Gasteiger partial charge in [0.1, 0.15) is 5.75 Å². The highest BCUT2D eigenvalue weighted by atomic mass is 35.5. The molecule has 0 atom stereocenters. The Morgan fingerprint density at radius 1 is 1.11 bits per heavy atom. The van der Waals surface area contributed by atoms with Gasteiger partial charge in [0.15, 0.2) is 11.6 Å². The molecule has 1 heterocycles. The number of hydrogen-bond donors (Lipinski definition) is 3. The minimum Gasteiger partial charge on any atom is -0.495 e. The number of anilines is 4. The highest BCUT2D eigenvalue weighted by molar-refractivity contribution is 6.34. The molecule has 0 aliphatic carbocycles. The van der Waals surface area contributed by atoms with Gasteiger partial charge in [0.25, 0.3) is 0 Å². The molecule has 0 aliphatic rings. The second kappa shape index (κ2) is 8.28. The molecule has 144 valence electrons. The van der Waals surface area contributed by atoms with Crippen molar-refractivity contribution in [3.05, 3.63) is 64.0 Å². The molecule has 0 saturated heterocycles. The summed E-state index contributed by atoms with van der Waals surface area (Å²) in [6.07, 6.45) is 1.02. The molecule has 7 nitrogen and oxygen atoms in total. The average Bonchev–Trinajstić information content (AvgIpc) is 2.64. The van der Waals surface area contributed by atoms with E-state index in [4.69, 9.17) is 33.7 Å². The molecule has 3 aromatic rings. The van der Waals surface area contributed by atoms with Crippen LogP contribution in [0.4, 0.5) is 27.5 Å². The monoisotopic (exact) mass is 421 g/mol. The molecule has 4 N–H and O–H groups in total. The van der Waals surface area contributed by atoms with E-state index in [-0.39, 0.29) is 22.4 Å². The Morgan fingerprint density at radius 3 is 2.43 bits per heavy atom. The number of nitrogens with two attached hydrogens (primary N) is 1. The van der Waals surface area contributed by atoms with E-state index in [1.165, 1.54) is 19.2 Å². The first kappa shape index (κ1) is 19.7. The van der Waals surface area contributed by atoms with Crippen LogP contribution in [0.25, 0.3) is 0 Å². The molecule has 1 aromatic heterocycles. The molecule has 2 aromatic carbocycles. The van der Waals surface area contributed by atoms with Gasteiger partial charge >= 0.3 is 0 Å². The molecule has 0 fully saturated rings. The fourth-order valence-corrected chi connectivity index (χ4v) is 2.85. The van der Waals surface area contributed by atoms with Crippen LogP contribution in [0.5, 0.6) is 5.75 Å². The van der Waals surface area contributed by atoms with Crippen molar-refractivity contribution in [3.8, 4) is 5.75 Å². The van der Waals surface area contributed by atoms with Gasteiger partial charge in [-0.2, -0.15) is 4.98 Å². The van der Waals surface area contributed by atoms with Gasteiger partial charge < -0.3 is 21.1 Å². The normalized spacial score (nSPS) is 10.4. The zero-order valence-electron chi connectivity index (χ0n) is 14.5. The minimum absolute atomic E-state index is 0.0569. The Morgan fingerprint density at radius 2 is 1.79 bits per heavy atom. The lowest BCUT2D eigenvalue weighted by Crippen LogP contribution is -2.11. The van der Waals surface area contributed by atoms with Gasteiger partial charge in [-0.3, -0.25) is 4.79 Å². The van der Waals surface area contributed by atoms with Crippen LogP contribution in [0.15, 0.2) is 42.6 Å². The van der Waals surface area contributed by atoms with E-state index in [0.29, 0.717) is 22.1 Å². The summed E-state index contributed by atoms with van der Waals surface area (Å²) >= 11 is 12.1. The van der Waals surface area contributed by atoms with Crippen molar-refractivity contribution in [3.63, 3.8) is 0 Å². The lowest BCUT2D eigenvalue weighted by atomic mass is 10.2. The van der Waals surface area contributed by atoms with Crippen LogP contribution in [-0.4, -0.2) is 23.0 Å². The van der Waals surface area contributed by atoms with E-state index in [0.717, 1.165) is 6.20 Å². The average molecular weight is 422 g/mol. The Labute approximate surface area is 169 Å². The third kappa shape index (κ3) is 4.41. The number of amides is 1. The molecule has 0 unspecified atom stereocenters. The Kier molecular flexibility index (Phi) is 5.81. The maximum Gasteiger partial charge on any atom is 0.250 e. The summed E-state index contributed by atoms with van der Waals surface area (Å²) < 4.78 is 19.2. The van der Waals surface area contributed by atoms with E-state index < -0.39 is 11.7 Å². The van der Waals surface area contributed by atoms with E-state index in [9.17, 15) is 9.18 Å². The first-order valence-corrected chi connectivity index (χ1v) is 8.62. The van der Waals surface area contributed by atoms with Gasteiger partial charge in [-0.05, 0) is 36.4 Å². The van der Waals surface area contributed by atoms with Crippen molar-refractivity contribution >= 4 is 52.3 Å². The van der Waals surface area contributed by atoms with Gasteiger partial charge in [0, 0.05) is 11.4 Å². The number of hydrogen-bond acceptors (Lipinski definition) is 6. The number of rotatable bonds is 6. The fourth-order valence-electron chi connectivity index (χ4n) is 2.32. The minimum atomic E-state index is -0.653. The molecule has 10 heteroatoms. The third-order valence-electron chi connectivity index (χ3n) is 3.65. The summed E-state index contributed by atoms with van der Waals surface area (Å²) in [5.74, 6) is -0.738. The van der Waals surface area contributed by atoms with Crippen LogP contribution in [0, 0.1) is 5.82 Å². The van der Waals surface area contributed by atoms with Crippen molar-refractivity contribution < 1.29 is 13.9 Å². The number of halogens is 3. The number of benzene rings is 2. The molecular formula is C18H14Cl2FN5O2. The van der Waals surface area contributed by atoms with E-state index in [2.05, 4.69) is 20.6 Å². The smallest absolute Gasteiger partial charge is 0.250 e. The zero-order valence-corrected chi connectivity index (χ0v) is 16.0.